The molecular formula is C18H23N7O. The average Bonchev–Trinajstić information content (AvgIpc) is 3.28. The van der Waals surface area contributed by atoms with Gasteiger partial charge in [0, 0.05) is 25.5 Å². The fourth-order valence-electron chi connectivity index (χ4n) is 3.62. The molecule has 5 N–H and O–H groups in total. The number of aromatic nitrogens is 4. The van der Waals surface area contributed by atoms with E-state index in [2.05, 4.69) is 30.2 Å². The Balaban J connectivity index is 1.36. The summed E-state index contributed by atoms with van der Waals surface area (Å²) in [5.74, 6) is 1.63. The number of rotatable bonds is 5. The van der Waals surface area contributed by atoms with Crippen molar-refractivity contribution in [3.63, 3.8) is 0 Å². The lowest BCUT2D eigenvalue weighted by molar-refractivity contribution is 0.0931. The van der Waals surface area contributed by atoms with Crippen molar-refractivity contribution in [2.75, 3.05) is 25.4 Å². The van der Waals surface area contributed by atoms with Gasteiger partial charge in [-0.05, 0) is 37.4 Å². The number of piperidine rings is 1. The Labute approximate surface area is 151 Å². The number of para-hydroxylation sites is 1. The molecule has 0 saturated carbocycles. The fourth-order valence-corrected chi connectivity index (χ4v) is 3.62. The summed E-state index contributed by atoms with van der Waals surface area (Å²) in [6.45, 7) is 3.50. The number of nitrogens with zero attached hydrogens (tertiary/aromatic N) is 3. The number of anilines is 1. The minimum Gasteiger partial charge on any atom is -0.369 e. The first kappa shape index (κ1) is 16.6. The summed E-state index contributed by atoms with van der Waals surface area (Å²) in [4.78, 5) is 29.6. The summed E-state index contributed by atoms with van der Waals surface area (Å²) in [6, 6.07) is 5.48. The van der Waals surface area contributed by atoms with Crippen molar-refractivity contribution in [1.82, 2.24) is 30.2 Å². The van der Waals surface area contributed by atoms with Crippen LogP contribution in [0.5, 0.6) is 0 Å². The molecule has 1 aliphatic heterocycles. The number of carbonyl (C=O) groups excluding carboxylic acids is 1. The van der Waals surface area contributed by atoms with Gasteiger partial charge in [0.25, 0.3) is 5.91 Å². The van der Waals surface area contributed by atoms with Gasteiger partial charge in [0.1, 0.15) is 11.3 Å². The Kier molecular flexibility index (Phi) is 4.57. The number of hydrogen-bond donors (Lipinski definition) is 4. The van der Waals surface area contributed by atoms with Crippen molar-refractivity contribution in [2.45, 2.75) is 19.4 Å². The van der Waals surface area contributed by atoms with Crippen LogP contribution in [0.2, 0.25) is 0 Å². The zero-order valence-electron chi connectivity index (χ0n) is 14.5. The SMILES string of the molecule is Nc1nc2c(C(=O)NCC3CCCN(Cc4ncc[nH]4)C3)cccc2[nH]1. The molecule has 0 bridgehead atoms. The van der Waals surface area contributed by atoms with Crippen LogP contribution >= 0.6 is 0 Å². The number of H-pyrrole nitrogens is 2. The van der Waals surface area contributed by atoms with Gasteiger partial charge in [-0.25, -0.2) is 9.97 Å². The molecule has 0 aliphatic carbocycles. The maximum Gasteiger partial charge on any atom is 0.253 e. The minimum atomic E-state index is -0.106. The van der Waals surface area contributed by atoms with Crippen LogP contribution in [0.3, 0.4) is 0 Å². The number of hydrogen-bond acceptors (Lipinski definition) is 5. The predicted molar refractivity (Wildman–Crippen MR) is 99.4 cm³/mol. The van der Waals surface area contributed by atoms with Crippen molar-refractivity contribution >= 4 is 22.9 Å². The maximum atomic E-state index is 12.6. The van der Waals surface area contributed by atoms with E-state index in [0.29, 0.717) is 29.5 Å². The lowest BCUT2D eigenvalue weighted by atomic mass is 9.98. The van der Waals surface area contributed by atoms with Gasteiger partial charge < -0.3 is 21.0 Å². The van der Waals surface area contributed by atoms with Gasteiger partial charge in [-0.3, -0.25) is 9.69 Å². The fraction of sp³-hybridized carbons (Fsp3) is 0.389. The number of nitrogen functional groups attached to an aromatic ring is 1. The van der Waals surface area contributed by atoms with E-state index in [1.54, 1.807) is 12.3 Å². The number of likely N-dealkylation sites (tertiary alicyclic amines) is 1. The molecule has 1 aliphatic rings. The second-order valence-corrected chi connectivity index (χ2v) is 6.81. The number of nitrogens with one attached hydrogen (secondary N) is 3. The summed E-state index contributed by atoms with van der Waals surface area (Å²) in [5.41, 5.74) is 7.66. The molecule has 1 amide bonds. The number of aromatic amines is 2. The lowest BCUT2D eigenvalue weighted by Gasteiger charge is -2.32. The monoisotopic (exact) mass is 353 g/mol. The average molecular weight is 353 g/mol. The molecule has 2 aromatic heterocycles. The molecule has 26 heavy (non-hydrogen) atoms. The molecule has 1 saturated heterocycles. The van der Waals surface area contributed by atoms with Crippen LogP contribution in [-0.2, 0) is 6.54 Å². The van der Waals surface area contributed by atoms with Crippen molar-refractivity contribution < 1.29 is 4.79 Å². The molecule has 8 heteroatoms. The highest BCUT2D eigenvalue weighted by Gasteiger charge is 2.22. The Morgan fingerprint density at radius 3 is 3.19 bits per heavy atom. The molecule has 1 fully saturated rings. The summed E-state index contributed by atoms with van der Waals surface area (Å²) in [7, 11) is 0. The second kappa shape index (κ2) is 7.17. The first-order valence-corrected chi connectivity index (χ1v) is 8.92. The van der Waals surface area contributed by atoms with Crippen LogP contribution in [0.25, 0.3) is 11.0 Å². The first-order chi connectivity index (χ1) is 12.7. The quantitative estimate of drug-likeness (QED) is 0.555. The molecule has 4 rings (SSSR count). The molecule has 0 radical (unpaired) electrons. The smallest absolute Gasteiger partial charge is 0.253 e. The van der Waals surface area contributed by atoms with Crippen molar-refractivity contribution in [1.29, 1.82) is 0 Å². The van der Waals surface area contributed by atoms with E-state index in [0.717, 1.165) is 43.8 Å². The first-order valence-electron chi connectivity index (χ1n) is 8.92. The van der Waals surface area contributed by atoms with Gasteiger partial charge in [0.2, 0.25) is 0 Å². The normalized spacial score (nSPS) is 18.2. The molecule has 1 unspecified atom stereocenters. The third-order valence-electron chi connectivity index (χ3n) is 4.86. The molecule has 3 aromatic rings. The lowest BCUT2D eigenvalue weighted by Crippen LogP contribution is -2.40. The number of nitrogens with two attached hydrogens (primary N) is 1. The molecule has 8 nitrogen and oxygen atoms in total. The maximum absolute atomic E-state index is 12.6. The van der Waals surface area contributed by atoms with Gasteiger partial charge in [0.05, 0.1) is 17.6 Å². The minimum absolute atomic E-state index is 0.106. The molecule has 1 atom stereocenters. The second-order valence-electron chi connectivity index (χ2n) is 6.81. The Hall–Kier alpha value is -2.87. The third kappa shape index (κ3) is 3.55. The van der Waals surface area contributed by atoms with Gasteiger partial charge in [-0.1, -0.05) is 6.07 Å². The number of benzene rings is 1. The molecule has 136 valence electrons. The van der Waals surface area contributed by atoms with E-state index in [4.69, 9.17) is 5.73 Å². The van der Waals surface area contributed by atoms with E-state index in [9.17, 15) is 4.79 Å². The van der Waals surface area contributed by atoms with Crippen LogP contribution in [-0.4, -0.2) is 50.4 Å². The number of amides is 1. The van der Waals surface area contributed by atoms with Crippen LogP contribution in [0, 0.1) is 5.92 Å². The molecule has 3 heterocycles. The Bertz CT molecular complexity index is 886. The number of carbonyl (C=O) groups is 1. The third-order valence-corrected chi connectivity index (χ3v) is 4.86. The summed E-state index contributed by atoms with van der Waals surface area (Å²) < 4.78 is 0. The van der Waals surface area contributed by atoms with E-state index in [1.165, 1.54) is 0 Å². The van der Waals surface area contributed by atoms with Crippen LogP contribution in [0.15, 0.2) is 30.6 Å². The molecule has 1 aromatic carbocycles. The number of imidazole rings is 2. The van der Waals surface area contributed by atoms with E-state index in [1.807, 2.05) is 18.3 Å². The van der Waals surface area contributed by atoms with Gasteiger partial charge in [-0.2, -0.15) is 0 Å². The van der Waals surface area contributed by atoms with E-state index < -0.39 is 0 Å². The summed E-state index contributed by atoms with van der Waals surface area (Å²) in [5, 5.41) is 3.07. The van der Waals surface area contributed by atoms with E-state index in [-0.39, 0.29) is 5.91 Å². The Morgan fingerprint density at radius 2 is 2.35 bits per heavy atom. The zero-order valence-corrected chi connectivity index (χ0v) is 14.5. The Morgan fingerprint density at radius 1 is 1.42 bits per heavy atom. The van der Waals surface area contributed by atoms with Gasteiger partial charge in [0.15, 0.2) is 5.95 Å². The van der Waals surface area contributed by atoms with Crippen LogP contribution in [0.4, 0.5) is 5.95 Å². The topological polar surface area (TPSA) is 116 Å². The molecular weight excluding hydrogens is 330 g/mol. The molecule has 0 spiro atoms. The van der Waals surface area contributed by atoms with Gasteiger partial charge in [-0.15, -0.1) is 0 Å². The number of fused-ring (bicyclic) bond motifs is 1. The van der Waals surface area contributed by atoms with Crippen molar-refractivity contribution in [3.8, 4) is 0 Å². The highest BCUT2D eigenvalue weighted by molar-refractivity contribution is 6.05. The van der Waals surface area contributed by atoms with Crippen LogP contribution < -0.4 is 11.1 Å². The van der Waals surface area contributed by atoms with Crippen LogP contribution in [0.1, 0.15) is 29.0 Å². The largest absolute Gasteiger partial charge is 0.369 e. The summed E-state index contributed by atoms with van der Waals surface area (Å²) in [6.07, 6.45) is 5.87. The highest BCUT2D eigenvalue weighted by Crippen LogP contribution is 2.19. The predicted octanol–water partition coefficient (Wildman–Crippen LogP) is 1.51. The summed E-state index contributed by atoms with van der Waals surface area (Å²) >= 11 is 0. The standard InChI is InChI=1S/C18H23N7O/c19-18-23-14-5-1-4-13(16(14)24-18)17(26)22-9-12-3-2-8-25(10-12)11-15-20-6-7-21-15/h1,4-7,12H,2-3,8-11H2,(H,20,21)(H,22,26)(H3,19,23,24). The van der Waals surface area contributed by atoms with Crippen molar-refractivity contribution in [3.05, 3.63) is 42.0 Å². The highest BCUT2D eigenvalue weighted by atomic mass is 16.1. The zero-order chi connectivity index (χ0) is 17.9. The van der Waals surface area contributed by atoms with Crippen molar-refractivity contribution in [2.24, 2.45) is 5.92 Å². The van der Waals surface area contributed by atoms with E-state index >= 15 is 0 Å². The van der Waals surface area contributed by atoms with Gasteiger partial charge >= 0.3 is 0 Å².